The lowest BCUT2D eigenvalue weighted by Crippen LogP contribution is -2.49. The SMILES string of the molecule is CCCNC(=O)NC(=O)CN1CCC(C(=O)O)CC1C. The molecule has 1 rings (SSSR count). The number of carboxylic acids is 1. The van der Waals surface area contributed by atoms with E-state index in [1.54, 1.807) is 0 Å². The summed E-state index contributed by atoms with van der Waals surface area (Å²) in [5, 5.41) is 13.8. The minimum atomic E-state index is -0.778. The van der Waals surface area contributed by atoms with Gasteiger partial charge in [0.1, 0.15) is 0 Å². The van der Waals surface area contributed by atoms with Crippen LogP contribution in [0.4, 0.5) is 4.79 Å². The number of carboxylic acid groups (broad SMARTS) is 1. The summed E-state index contributed by atoms with van der Waals surface area (Å²) < 4.78 is 0. The number of carbonyl (C=O) groups is 3. The van der Waals surface area contributed by atoms with Gasteiger partial charge in [-0.1, -0.05) is 6.92 Å². The predicted molar refractivity (Wildman–Crippen MR) is 73.2 cm³/mol. The third-order valence-electron chi connectivity index (χ3n) is 3.50. The summed E-state index contributed by atoms with van der Waals surface area (Å²) >= 11 is 0. The van der Waals surface area contributed by atoms with Gasteiger partial charge in [-0.15, -0.1) is 0 Å². The van der Waals surface area contributed by atoms with E-state index < -0.39 is 12.0 Å². The monoisotopic (exact) mass is 285 g/mol. The van der Waals surface area contributed by atoms with Crippen LogP contribution in [0.2, 0.25) is 0 Å². The average molecular weight is 285 g/mol. The average Bonchev–Trinajstić information content (AvgIpc) is 2.38. The molecule has 0 spiro atoms. The van der Waals surface area contributed by atoms with Crippen LogP contribution in [0.25, 0.3) is 0 Å². The molecular formula is C13H23N3O4. The van der Waals surface area contributed by atoms with Crippen LogP contribution >= 0.6 is 0 Å². The van der Waals surface area contributed by atoms with Crippen LogP contribution in [0, 0.1) is 5.92 Å². The van der Waals surface area contributed by atoms with Crippen molar-refractivity contribution >= 4 is 17.9 Å². The van der Waals surface area contributed by atoms with Gasteiger partial charge in [-0.3, -0.25) is 19.8 Å². The van der Waals surface area contributed by atoms with Crippen LogP contribution in [0.5, 0.6) is 0 Å². The molecule has 2 unspecified atom stereocenters. The Labute approximate surface area is 118 Å². The molecule has 1 heterocycles. The maximum atomic E-state index is 11.7. The summed E-state index contributed by atoms with van der Waals surface area (Å²) in [7, 11) is 0. The van der Waals surface area contributed by atoms with Crippen molar-refractivity contribution in [2.75, 3.05) is 19.6 Å². The van der Waals surface area contributed by atoms with Crippen LogP contribution in [-0.4, -0.2) is 53.6 Å². The van der Waals surface area contributed by atoms with Crippen molar-refractivity contribution in [3.8, 4) is 0 Å². The highest BCUT2D eigenvalue weighted by Crippen LogP contribution is 2.22. The van der Waals surface area contributed by atoms with E-state index in [0.29, 0.717) is 25.9 Å². The molecular weight excluding hydrogens is 262 g/mol. The largest absolute Gasteiger partial charge is 0.481 e. The molecule has 0 bridgehead atoms. The number of urea groups is 1. The summed E-state index contributed by atoms with van der Waals surface area (Å²) in [5.74, 6) is -1.48. The lowest BCUT2D eigenvalue weighted by Gasteiger charge is -2.35. The van der Waals surface area contributed by atoms with Gasteiger partial charge in [0.25, 0.3) is 0 Å². The third-order valence-corrected chi connectivity index (χ3v) is 3.50. The highest BCUT2D eigenvalue weighted by atomic mass is 16.4. The van der Waals surface area contributed by atoms with Gasteiger partial charge < -0.3 is 10.4 Å². The Bertz CT molecular complexity index is 373. The molecule has 2 atom stereocenters. The van der Waals surface area contributed by atoms with Gasteiger partial charge in [0, 0.05) is 12.6 Å². The number of aliphatic carboxylic acids is 1. The first kappa shape index (κ1) is 16.4. The van der Waals surface area contributed by atoms with Gasteiger partial charge in [-0.25, -0.2) is 4.79 Å². The number of carbonyl (C=O) groups excluding carboxylic acids is 2. The van der Waals surface area contributed by atoms with E-state index in [1.807, 2.05) is 18.7 Å². The lowest BCUT2D eigenvalue weighted by atomic mass is 9.92. The standard InChI is InChI=1S/C13H23N3O4/c1-3-5-14-13(20)15-11(17)8-16-6-4-10(12(18)19)7-9(16)2/h9-10H,3-8H2,1-2H3,(H,18,19)(H2,14,15,17,20). The molecule has 0 aromatic carbocycles. The van der Waals surface area contributed by atoms with Gasteiger partial charge in [0.2, 0.25) is 5.91 Å². The van der Waals surface area contributed by atoms with Crippen molar-refractivity contribution in [3.63, 3.8) is 0 Å². The number of nitrogens with one attached hydrogen (secondary N) is 2. The fraction of sp³-hybridized carbons (Fsp3) is 0.769. The number of imide groups is 1. The van der Waals surface area contributed by atoms with Crippen molar-refractivity contribution in [2.24, 2.45) is 5.92 Å². The van der Waals surface area contributed by atoms with Gasteiger partial charge in [0.05, 0.1) is 12.5 Å². The molecule has 114 valence electrons. The molecule has 1 saturated heterocycles. The summed E-state index contributed by atoms with van der Waals surface area (Å²) in [4.78, 5) is 35.9. The van der Waals surface area contributed by atoms with E-state index in [1.165, 1.54) is 0 Å². The summed E-state index contributed by atoms with van der Waals surface area (Å²) in [6.07, 6.45) is 1.88. The van der Waals surface area contributed by atoms with E-state index in [-0.39, 0.29) is 24.4 Å². The molecule has 1 aliphatic rings. The van der Waals surface area contributed by atoms with Gasteiger partial charge in [-0.2, -0.15) is 0 Å². The Kier molecular flexibility index (Phi) is 6.44. The number of amides is 3. The molecule has 1 aliphatic heterocycles. The first-order chi connectivity index (χ1) is 9.43. The summed E-state index contributed by atoms with van der Waals surface area (Å²) in [5.41, 5.74) is 0. The van der Waals surface area contributed by atoms with Crippen molar-refractivity contribution in [1.29, 1.82) is 0 Å². The van der Waals surface area contributed by atoms with Crippen LogP contribution in [0.3, 0.4) is 0 Å². The van der Waals surface area contributed by atoms with E-state index in [9.17, 15) is 14.4 Å². The molecule has 3 amide bonds. The first-order valence-electron chi connectivity index (χ1n) is 6.98. The zero-order chi connectivity index (χ0) is 15.1. The normalized spacial score (nSPS) is 23.1. The van der Waals surface area contributed by atoms with E-state index in [0.717, 1.165) is 6.42 Å². The van der Waals surface area contributed by atoms with Crippen molar-refractivity contribution < 1.29 is 19.5 Å². The third kappa shape index (κ3) is 5.16. The second kappa shape index (κ2) is 7.84. The number of hydrogen-bond acceptors (Lipinski definition) is 4. The Hall–Kier alpha value is -1.63. The molecule has 7 nitrogen and oxygen atoms in total. The van der Waals surface area contributed by atoms with Crippen molar-refractivity contribution in [3.05, 3.63) is 0 Å². The van der Waals surface area contributed by atoms with E-state index in [4.69, 9.17) is 5.11 Å². The highest BCUT2D eigenvalue weighted by molar-refractivity contribution is 5.95. The van der Waals surface area contributed by atoms with Crippen LogP contribution in [0.1, 0.15) is 33.1 Å². The molecule has 0 aliphatic carbocycles. The lowest BCUT2D eigenvalue weighted by molar-refractivity contribution is -0.144. The molecule has 3 N–H and O–H groups in total. The number of likely N-dealkylation sites (tertiary alicyclic amines) is 1. The minimum Gasteiger partial charge on any atom is -0.481 e. The summed E-state index contributed by atoms with van der Waals surface area (Å²) in [6.45, 7) is 5.03. The number of piperidine rings is 1. The number of hydrogen-bond donors (Lipinski definition) is 3. The summed E-state index contributed by atoms with van der Waals surface area (Å²) in [6, 6.07) is -0.459. The molecule has 20 heavy (non-hydrogen) atoms. The van der Waals surface area contributed by atoms with Crippen LogP contribution < -0.4 is 10.6 Å². The minimum absolute atomic E-state index is 0.0225. The Morgan fingerprint density at radius 2 is 2.05 bits per heavy atom. The van der Waals surface area contributed by atoms with Crippen LogP contribution in [-0.2, 0) is 9.59 Å². The molecule has 0 aromatic heterocycles. The molecule has 0 saturated carbocycles. The maximum Gasteiger partial charge on any atom is 0.321 e. The Morgan fingerprint density at radius 1 is 1.35 bits per heavy atom. The molecule has 7 heteroatoms. The maximum absolute atomic E-state index is 11.7. The molecule has 1 fully saturated rings. The van der Waals surface area contributed by atoms with Gasteiger partial charge >= 0.3 is 12.0 Å². The molecule has 0 aromatic rings. The van der Waals surface area contributed by atoms with Gasteiger partial charge in [-0.05, 0) is 32.7 Å². The zero-order valence-electron chi connectivity index (χ0n) is 12.0. The second-order valence-electron chi connectivity index (χ2n) is 5.18. The predicted octanol–water partition coefficient (Wildman–Crippen LogP) is 0.407. The van der Waals surface area contributed by atoms with Gasteiger partial charge in [0.15, 0.2) is 0 Å². The van der Waals surface area contributed by atoms with Crippen molar-refractivity contribution in [1.82, 2.24) is 15.5 Å². The van der Waals surface area contributed by atoms with E-state index >= 15 is 0 Å². The highest BCUT2D eigenvalue weighted by Gasteiger charge is 2.30. The fourth-order valence-corrected chi connectivity index (χ4v) is 2.31. The zero-order valence-corrected chi connectivity index (χ0v) is 12.0. The van der Waals surface area contributed by atoms with Crippen molar-refractivity contribution in [2.45, 2.75) is 39.2 Å². The first-order valence-corrected chi connectivity index (χ1v) is 6.98. The Balaban J connectivity index is 2.35. The topological polar surface area (TPSA) is 98.7 Å². The quantitative estimate of drug-likeness (QED) is 0.679. The number of rotatable bonds is 5. The molecule has 0 radical (unpaired) electrons. The number of nitrogens with zero attached hydrogens (tertiary/aromatic N) is 1. The fourth-order valence-electron chi connectivity index (χ4n) is 2.31. The second-order valence-corrected chi connectivity index (χ2v) is 5.18. The smallest absolute Gasteiger partial charge is 0.321 e. The van der Waals surface area contributed by atoms with E-state index in [2.05, 4.69) is 10.6 Å². The van der Waals surface area contributed by atoms with Crippen LogP contribution in [0.15, 0.2) is 0 Å². The Morgan fingerprint density at radius 3 is 2.60 bits per heavy atom.